The van der Waals surface area contributed by atoms with Gasteiger partial charge in [0, 0.05) is 0 Å². The molecule has 0 unspecified atom stereocenters. The van der Waals surface area contributed by atoms with Crippen molar-refractivity contribution in [1.82, 2.24) is 0 Å². The van der Waals surface area contributed by atoms with Crippen LogP contribution in [0.4, 0.5) is 0 Å². The number of oxime groups is 1. The lowest BCUT2D eigenvalue weighted by Crippen LogP contribution is -2.54. The van der Waals surface area contributed by atoms with Gasteiger partial charge in [-0.1, -0.05) is 19.0 Å². The van der Waals surface area contributed by atoms with Gasteiger partial charge in [0.25, 0.3) is 0 Å². The van der Waals surface area contributed by atoms with Crippen molar-refractivity contribution in [3.05, 3.63) is 0 Å². The van der Waals surface area contributed by atoms with E-state index < -0.39 is 0 Å². The molecule has 0 bridgehead atoms. The van der Waals surface area contributed by atoms with Gasteiger partial charge >= 0.3 is 0 Å². The SMILES string of the molecule is C[C@]12CC/C(=N/OCCO)C[C@@H]1CC[C@@H]1[C@@H]2CC[C@]2(C)[C@@H](O)CC[C@@H]12. The molecule has 0 aromatic rings. The first-order valence-electron chi connectivity index (χ1n) is 10.5. The monoisotopic (exact) mass is 349 g/mol. The van der Waals surface area contributed by atoms with Gasteiger partial charge in [-0.15, -0.1) is 0 Å². The van der Waals surface area contributed by atoms with Crippen LogP contribution in [0.2, 0.25) is 0 Å². The summed E-state index contributed by atoms with van der Waals surface area (Å²) in [6.45, 7) is 5.25. The second-order valence-corrected chi connectivity index (χ2v) is 9.71. The molecule has 25 heavy (non-hydrogen) atoms. The van der Waals surface area contributed by atoms with Crippen molar-refractivity contribution in [3.63, 3.8) is 0 Å². The van der Waals surface area contributed by atoms with E-state index in [1.54, 1.807) is 0 Å². The van der Waals surface area contributed by atoms with Gasteiger partial charge in [-0.2, -0.15) is 0 Å². The van der Waals surface area contributed by atoms with E-state index in [1.165, 1.54) is 44.2 Å². The zero-order chi connectivity index (χ0) is 17.7. The summed E-state index contributed by atoms with van der Waals surface area (Å²) in [5, 5.41) is 23.7. The summed E-state index contributed by atoms with van der Waals surface area (Å²) >= 11 is 0. The molecule has 0 aromatic carbocycles. The van der Waals surface area contributed by atoms with Crippen molar-refractivity contribution >= 4 is 5.71 Å². The van der Waals surface area contributed by atoms with Gasteiger partial charge in [0.05, 0.1) is 18.4 Å². The number of nitrogens with zero attached hydrogens (tertiary/aromatic N) is 1. The van der Waals surface area contributed by atoms with Crippen LogP contribution in [0, 0.1) is 34.5 Å². The zero-order valence-electron chi connectivity index (χ0n) is 15.9. The second kappa shape index (κ2) is 6.53. The van der Waals surface area contributed by atoms with Gasteiger partial charge in [-0.25, -0.2) is 0 Å². The Morgan fingerprint density at radius 2 is 1.84 bits per heavy atom. The molecule has 7 atom stereocenters. The summed E-state index contributed by atoms with van der Waals surface area (Å²) in [7, 11) is 0. The minimum atomic E-state index is -0.0715. The van der Waals surface area contributed by atoms with Gasteiger partial charge in [0.2, 0.25) is 0 Å². The highest BCUT2D eigenvalue weighted by Gasteiger charge is 2.59. The Labute approximate surface area is 152 Å². The lowest BCUT2D eigenvalue weighted by atomic mass is 9.45. The Balaban J connectivity index is 1.50. The van der Waals surface area contributed by atoms with Crippen molar-refractivity contribution in [2.24, 2.45) is 39.7 Å². The van der Waals surface area contributed by atoms with E-state index in [0.29, 0.717) is 12.0 Å². The Hall–Kier alpha value is -0.610. The first kappa shape index (κ1) is 17.8. The lowest BCUT2D eigenvalue weighted by Gasteiger charge is -2.60. The third-order valence-electron chi connectivity index (χ3n) is 8.83. The van der Waals surface area contributed by atoms with Crippen LogP contribution in [-0.2, 0) is 4.84 Å². The van der Waals surface area contributed by atoms with Crippen LogP contribution in [0.3, 0.4) is 0 Å². The van der Waals surface area contributed by atoms with E-state index in [2.05, 4.69) is 19.0 Å². The molecule has 142 valence electrons. The molecule has 4 rings (SSSR count). The van der Waals surface area contributed by atoms with E-state index in [4.69, 9.17) is 9.94 Å². The van der Waals surface area contributed by atoms with E-state index in [0.717, 1.165) is 42.9 Å². The minimum absolute atomic E-state index is 0.0354. The van der Waals surface area contributed by atoms with Crippen molar-refractivity contribution in [2.45, 2.75) is 77.7 Å². The number of hydrogen-bond donors (Lipinski definition) is 2. The highest BCUT2D eigenvalue weighted by atomic mass is 16.6. The molecule has 0 aliphatic heterocycles. The molecule has 0 saturated heterocycles. The number of fused-ring (bicyclic) bond motifs is 5. The molecule has 4 fully saturated rings. The number of rotatable bonds is 3. The van der Waals surface area contributed by atoms with Crippen LogP contribution in [0.5, 0.6) is 0 Å². The summed E-state index contributed by atoms with van der Waals surface area (Å²) in [4.78, 5) is 5.23. The van der Waals surface area contributed by atoms with Crippen molar-refractivity contribution in [1.29, 1.82) is 0 Å². The van der Waals surface area contributed by atoms with Gasteiger partial charge < -0.3 is 15.1 Å². The Bertz CT molecular complexity index is 535. The van der Waals surface area contributed by atoms with E-state index >= 15 is 0 Å². The summed E-state index contributed by atoms with van der Waals surface area (Å²) in [5.41, 5.74) is 1.82. The molecule has 0 aromatic heterocycles. The standard InChI is InChI=1S/C21H35NO3/c1-20-9-7-15(22-25-12-11-23)13-14(20)3-4-16-17-5-6-19(24)21(17,2)10-8-18(16)20/h14,16-19,23-24H,3-13H2,1-2H3/b22-15-/t14-,16-,17-,18-,19-,20-,21-/m0/s1. The first-order valence-corrected chi connectivity index (χ1v) is 10.5. The molecule has 0 spiro atoms. The maximum atomic E-state index is 10.6. The van der Waals surface area contributed by atoms with Gasteiger partial charge in [-0.3, -0.25) is 0 Å². The van der Waals surface area contributed by atoms with Gasteiger partial charge in [0.15, 0.2) is 0 Å². The topological polar surface area (TPSA) is 62.0 Å². The average molecular weight is 350 g/mol. The first-order chi connectivity index (χ1) is 12.0. The van der Waals surface area contributed by atoms with Crippen LogP contribution < -0.4 is 0 Å². The smallest absolute Gasteiger partial charge is 0.140 e. The van der Waals surface area contributed by atoms with Crippen LogP contribution >= 0.6 is 0 Å². The maximum Gasteiger partial charge on any atom is 0.140 e. The fourth-order valence-electron chi connectivity index (χ4n) is 7.29. The van der Waals surface area contributed by atoms with E-state index in [-0.39, 0.29) is 18.1 Å². The predicted octanol–water partition coefficient (Wildman–Crippen LogP) is 3.75. The Morgan fingerprint density at radius 1 is 1.04 bits per heavy atom. The minimum Gasteiger partial charge on any atom is -0.393 e. The van der Waals surface area contributed by atoms with Crippen molar-refractivity contribution in [3.8, 4) is 0 Å². The molecule has 4 heteroatoms. The third-order valence-corrected chi connectivity index (χ3v) is 8.83. The molecule has 0 radical (unpaired) electrons. The molecular weight excluding hydrogens is 314 g/mol. The summed E-state index contributed by atoms with van der Waals surface area (Å²) in [5.74, 6) is 3.12. The molecule has 4 aliphatic rings. The molecule has 2 N–H and O–H groups in total. The quantitative estimate of drug-likeness (QED) is 0.602. The van der Waals surface area contributed by atoms with Crippen molar-refractivity contribution < 1.29 is 15.1 Å². The highest BCUT2D eigenvalue weighted by molar-refractivity contribution is 5.85. The largest absolute Gasteiger partial charge is 0.393 e. The maximum absolute atomic E-state index is 10.6. The zero-order valence-corrected chi connectivity index (χ0v) is 15.9. The highest BCUT2D eigenvalue weighted by Crippen LogP contribution is 2.65. The predicted molar refractivity (Wildman–Crippen MR) is 98.2 cm³/mol. The molecule has 0 amide bonds. The van der Waals surface area contributed by atoms with Gasteiger partial charge in [0.1, 0.15) is 6.61 Å². The molecule has 4 aliphatic carbocycles. The lowest BCUT2D eigenvalue weighted by molar-refractivity contribution is -0.112. The van der Waals surface area contributed by atoms with E-state index in [9.17, 15) is 5.11 Å². The van der Waals surface area contributed by atoms with Crippen LogP contribution in [0.25, 0.3) is 0 Å². The third kappa shape index (κ3) is 2.75. The fraction of sp³-hybridized carbons (Fsp3) is 0.952. The summed E-state index contributed by atoms with van der Waals surface area (Å²) in [6, 6.07) is 0. The number of aliphatic hydroxyl groups excluding tert-OH is 2. The Kier molecular flexibility index (Phi) is 4.64. The average Bonchev–Trinajstić information content (AvgIpc) is 2.90. The molecular formula is C21H35NO3. The molecule has 0 heterocycles. The summed E-state index contributed by atoms with van der Waals surface area (Å²) < 4.78 is 0. The summed E-state index contributed by atoms with van der Waals surface area (Å²) in [6.07, 6.45) is 10.7. The van der Waals surface area contributed by atoms with Crippen LogP contribution in [-0.4, -0.2) is 35.2 Å². The molecule has 4 nitrogen and oxygen atoms in total. The van der Waals surface area contributed by atoms with E-state index in [1.807, 2.05) is 0 Å². The normalized spacial score (nSPS) is 50.9. The Morgan fingerprint density at radius 3 is 2.64 bits per heavy atom. The van der Waals surface area contributed by atoms with Crippen LogP contribution in [0.1, 0.15) is 71.6 Å². The van der Waals surface area contributed by atoms with Gasteiger partial charge in [-0.05, 0) is 92.3 Å². The number of hydrogen-bond acceptors (Lipinski definition) is 4. The number of aliphatic hydroxyl groups is 2. The van der Waals surface area contributed by atoms with Crippen LogP contribution in [0.15, 0.2) is 5.16 Å². The van der Waals surface area contributed by atoms with Crippen molar-refractivity contribution in [2.75, 3.05) is 13.2 Å². The molecule has 4 saturated carbocycles. The fourth-order valence-corrected chi connectivity index (χ4v) is 7.29. The second-order valence-electron chi connectivity index (χ2n) is 9.71.